The van der Waals surface area contributed by atoms with Gasteiger partial charge in [-0.25, -0.2) is 0 Å². The molecule has 0 radical (unpaired) electrons. The van der Waals surface area contributed by atoms with Crippen LogP contribution in [0, 0.1) is 11.8 Å². The molecule has 2 N–H and O–H groups in total. The molecule has 0 aliphatic carbocycles. The minimum Gasteiger partial charge on any atom is -0.309 e. The molecule has 0 aliphatic rings. The first-order valence-corrected chi connectivity index (χ1v) is 4.87. The molecule has 14 heavy (non-hydrogen) atoms. The molecule has 0 saturated carbocycles. The van der Waals surface area contributed by atoms with Crippen LogP contribution in [0.1, 0.15) is 38.4 Å². The van der Waals surface area contributed by atoms with Crippen LogP contribution in [0.5, 0.6) is 0 Å². The average Bonchev–Trinajstić information content (AvgIpc) is 2.70. The Labute approximate surface area is 84.5 Å². The van der Waals surface area contributed by atoms with Gasteiger partial charge in [-0.15, -0.1) is 11.8 Å². The zero-order valence-electron chi connectivity index (χ0n) is 8.67. The average molecular weight is 192 g/mol. The highest BCUT2D eigenvalue weighted by molar-refractivity contribution is 5.02. The number of H-pyrrole nitrogens is 1. The largest absolute Gasteiger partial charge is 0.309 e. The molecule has 0 fully saturated rings. The van der Waals surface area contributed by atoms with Gasteiger partial charge in [0.25, 0.3) is 0 Å². The Morgan fingerprint density at radius 1 is 1.64 bits per heavy atom. The molecule has 0 spiro atoms. The standard InChI is InChI=1S/C10H16N4/c1-3-5-6-7-9(11-4-2)10-8-12-14-13-10/h8-9,11H,4,6-7H2,1-2H3,(H,12,13,14). The second-order valence-corrected chi connectivity index (χ2v) is 2.97. The van der Waals surface area contributed by atoms with E-state index in [-0.39, 0.29) is 6.04 Å². The van der Waals surface area contributed by atoms with Gasteiger partial charge in [0.15, 0.2) is 0 Å². The van der Waals surface area contributed by atoms with Gasteiger partial charge in [-0.3, -0.25) is 0 Å². The van der Waals surface area contributed by atoms with Gasteiger partial charge in [0.2, 0.25) is 0 Å². The zero-order chi connectivity index (χ0) is 10.2. The SMILES string of the molecule is CC#CCCC(NCC)c1cn[nH]n1. The molecule has 1 rings (SSSR count). The molecule has 1 unspecified atom stereocenters. The maximum absolute atomic E-state index is 4.07. The van der Waals surface area contributed by atoms with Crippen molar-refractivity contribution in [2.75, 3.05) is 6.54 Å². The van der Waals surface area contributed by atoms with Crippen molar-refractivity contribution in [1.29, 1.82) is 0 Å². The summed E-state index contributed by atoms with van der Waals surface area (Å²) in [7, 11) is 0. The monoisotopic (exact) mass is 192 g/mol. The van der Waals surface area contributed by atoms with Crippen LogP contribution in [0.2, 0.25) is 0 Å². The van der Waals surface area contributed by atoms with E-state index in [4.69, 9.17) is 0 Å². The van der Waals surface area contributed by atoms with Crippen LogP contribution < -0.4 is 5.32 Å². The van der Waals surface area contributed by atoms with E-state index >= 15 is 0 Å². The molecule has 0 amide bonds. The van der Waals surface area contributed by atoms with Crippen molar-refractivity contribution in [3.8, 4) is 11.8 Å². The zero-order valence-corrected chi connectivity index (χ0v) is 8.67. The van der Waals surface area contributed by atoms with Crippen molar-refractivity contribution >= 4 is 0 Å². The Bertz CT molecular complexity index is 294. The lowest BCUT2D eigenvalue weighted by molar-refractivity contribution is 0.509. The molecule has 76 valence electrons. The predicted molar refractivity (Wildman–Crippen MR) is 55.5 cm³/mol. The van der Waals surface area contributed by atoms with E-state index < -0.39 is 0 Å². The molecular formula is C10H16N4. The smallest absolute Gasteiger partial charge is 0.0994 e. The van der Waals surface area contributed by atoms with E-state index in [0.717, 1.165) is 25.1 Å². The van der Waals surface area contributed by atoms with Crippen LogP contribution in [0.15, 0.2) is 6.20 Å². The van der Waals surface area contributed by atoms with E-state index in [1.54, 1.807) is 6.20 Å². The van der Waals surface area contributed by atoms with Crippen molar-refractivity contribution in [2.45, 2.75) is 32.7 Å². The molecular weight excluding hydrogens is 176 g/mol. The van der Waals surface area contributed by atoms with E-state index in [2.05, 4.69) is 39.5 Å². The fourth-order valence-corrected chi connectivity index (χ4v) is 1.32. The summed E-state index contributed by atoms with van der Waals surface area (Å²) in [5.74, 6) is 5.94. The van der Waals surface area contributed by atoms with Gasteiger partial charge in [0.05, 0.1) is 17.9 Å². The van der Waals surface area contributed by atoms with Gasteiger partial charge in [-0.05, 0) is 19.9 Å². The molecule has 0 bridgehead atoms. The van der Waals surface area contributed by atoms with Crippen LogP contribution in [-0.2, 0) is 0 Å². The maximum Gasteiger partial charge on any atom is 0.0994 e. The summed E-state index contributed by atoms with van der Waals surface area (Å²) in [5.41, 5.74) is 0.963. The maximum atomic E-state index is 4.07. The van der Waals surface area contributed by atoms with Crippen molar-refractivity contribution in [3.05, 3.63) is 11.9 Å². The lowest BCUT2D eigenvalue weighted by Crippen LogP contribution is -2.21. The number of nitrogens with zero attached hydrogens (tertiary/aromatic N) is 2. The number of aromatic amines is 1. The Morgan fingerprint density at radius 3 is 3.07 bits per heavy atom. The van der Waals surface area contributed by atoms with Crippen LogP contribution in [0.4, 0.5) is 0 Å². The molecule has 4 heteroatoms. The highest BCUT2D eigenvalue weighted by atomic mass is 15.3. The first-order chi connectivity index (χ1) is 6.88. The van der Waals surface area contributed by atoms with Gasteiger partial charge in [0, 0.05) is 6.42 Å². The molecule has 1 heterocycles. The van der Waals surface area contributed by atoms with Gasteiger partial charge in [0.1, 0.15) is 0 Å². The quantitative estimate of drug-likeness (QED) is 0.690. The lowest BCUT2D eigenvalue weighted by Gasteiger charge is -2.12. The van der Waals surface area contributed by atoms with Crippen LogP contribution in [0.25, 0.3) is 0 Å². The summed E-state index contributed by atoms with van der Waals surface area (Å²) in [5, 5.41) is 13.8. The minimum absolute atomic E-state index is 0.264. The normalized spacial score (nSPS) is 11.9. The van der Waals surface area contributed by atoms with E-state index in [9.17, 15) is 0 Å². The van der Waals surface area contributed by atoms with Crippen LogP contribution >= 0.6 is 0 Å². The second kappa shape index (κ2) is 6.17. The minimum atomic E-state index is 0.264. The molecule has 0 aliphatic heterocycles. The van der Waals surface area contributed by atoms with E-state index in [1.807, 2.05) is 6.92 Å². The highest BCUT2D eigenvalue weighted by Crippen LogP contribution is 2.13. The molecule has 1 aromatic heterocycles. The highest BCUT2D eigenvalue weighted by Gasteiger charge is 2.11. The Kier molecular flexibility index (Phi) is 4.73. The first-order valence-electron chi connectivity index (χ1n) is 4.87. The number of aromatic nitrogens is 3. The van der Waals surface area contributed by atoms with Crippen molar-refractivity contribution in [1.82, 2.24) is 20.7 Å². The molecule has 0 saturated heterocycles. The van der Waals surface area contributed by atoms with Crippen LogP contribution in [0.3, 0.4) is 0 Å². The summed E-state index contributed by atoms with van der Waals surface area (Å²) in [6, 6.07) is 0.264. The number of rotatable bonds is 5. The third-order valence-corrected chi connectivity index (χ3v) is 1.98. The predicted octanol–water partition coefficient (Wildman–Crippen LogP) is 1.26. The summed E-state index contributed by atoms with van der Waals surface area (Å²) < 4.78 is 0. The fourth-order valence-electron chi connectivity index (χ4n) is 1.32. The Morgan fingerprint density at radius 2 is 2.50 bits per heavy atom. The number of hydrogen-bond acceptors (Lipinski definition) is 3. The molecule has 4 nitrogen and oxygen atoms in total. The Hall–Kier alpha value is -1.34. The third kappa shape index (κ3) is 3.19. The van der Waals surface area contributed by atoms with E-state index in [1.165, 1.54) is 0 Å². The third-order valence-electron chi connectivity index (χ3n) is 1.98. The topological polar surface area (TPSA) is 53.6 Å². The fraction of sp³-hybridized carbons (Fsp3) is 0.600. The summed E-state index contributed by atoms with van der Waals surface area (Å²) in [6.45, 7) is 4.87. The number of hydrogen-bond donors (Lipinski definition) is 2. The van der Waals surface area contributed by atoms with Gasteiger partial charge in [-0.2, -0.15) is 15.4 Å². The summed E-state index contributed by atoms with van der Waals surface area (Å²) in [4.78, 5) is 0. The molecule has 1 atom stereocenters. The van der Waals surface area contributed by atoms with Crippen molar-refractivity contribution in [3.63, 3.8) is 0 Å². The van der Waals surface area contributed by atoms with Gasteiger partial charge < -0.3 is 5.32 Å². The van der Waals surface area contributed by atoms with E-state index in [0.29, 0.717) is 0 Å². The molecule has 1 aromatic rings. The Balaban J connectivity index is 2.50. The van der Waals surface area contributed by atoms with Gasteiger partial charge in [-0.1, -0.05) is 6.92 Å². The lowest BCUT2D eigenvalue weighted by atomic mass is 10.1. The van der Waals surface area contributed by atoms with Crippen molar-refractivity contribution in [2.24, 2.45) is 0 Å². The number of nitrogens with one attached hydrogen (secondary N) is 2. The molecule has 0 aromatic carbocycles. The van der Waals surface area contributed by atoms with Crippen molar-refractivity contribution < 1.29 is 0 Å². The first kappa shape index (κ1) is 10.7. The summed E-state index contributed by atoms with van der Waals surface area (Å²) in [6.07, 6.45) is 3.62. The summed E-state index contributed by atoms with van der Waals surface area (Å²) >= 11 is 0. The second-order valence-electron chi connectivity index (χ2n) is 2.97. The van der Waals surface area contributed by atoms with Gasteiger partial charge >= 0.3 is 0 Å². The van der Waals surface area contributed by atoms with Crippen LogP contribution in [-0.4, -0.2) is 22.0 Å².